The van der Waals surface area contributed by atoms with Crippen LogP contribution < -0.4 is 5.73 Å². The van der Waals surface area contributed by atoms with Gasteiger partial charge in [-0.15, -0.1) is 24.8 Å². The molecule has 0 spiro atoms. The summed E-state index contributed by atoms with van der Waals surface area (Å²) in [7, 11) is 0. The Balaban J connectivity index is 0. The van der Waals surface area contributed by atoms with Crippen LogP contribution in [0.1, 0.15) is 6.42 Å². The molecule has 0 aromatic rings. The smallest absolute Gasteiger partial charge is 0.0589 e. The molecule has 0 bridgehead atoms. The Morgan fingerprint density at radius 3 is 2.56 bits per heavy atom. The van der Waals surface area contributed by atoms with Crippen molar-refractivity contribution in [3.05, 3.63) is 0 Å². The first-order chi connectivity index (χ1) is 3.91. The minimum Gasteiger partial charge on any atom is -0.379 e. The fraction of sp³-hybridized carbons (Fsp3) is 0.667. The molecule has 0 aromatic heterocycles. The highest BCUT2D eigenvalue weighted by Gasteiger charge is 1.79. The molecule has 2 nitrogen and oxygen atoms in total. The standard InChI is InChI=1S/C6H11NO.ClH/c1-2-3-5-8-6-4-7;/h1H,3-7H2;1H. The van der Waals surface area contributed by atoms with Gasteiger partial charge in [0.1, 0.15) is 0 Å². The van der Waals surface area contributed by atoms with Gasteiger partial charge in [-0.3, -0.25) is 0 Å². The maximum Gasteiger partial charge on any atom is 0.0589 e. The van der Waals surface area contributed by atoms with Crippen LogP contribution in [-0.4, -0.2) is 19.8 Å². The van der Waals surface area contributed by atoms with Gasteiger partial charge < -0.3 is 10.5 Å². The molecule has 0 radical (unpaired) electrons. The number of halogens is 1. The van der Waals surface area contributed by atoms with Gasteiger partial charge in [0.05, 0.1) is 13.2 Å². The van der Waals surface area contributed by atoms with E-state index >= 15 is 0 Å². The normalized spacial score (nSPS) is 7.56. The summed E-state index contributed by atoms with van der Waals surface area (Å²) in [4.78, 5) is 0. The van der Waals surface area contributed by atoms with Crippen LogP contribution in [-0.2, 0) is 4.74 Å². The Labute approximate surface area is 62.2 Å². The Kier molecular flexibility index (Phi) is 13.7. The third kappa shape index (κ3) is 11.4. The molecule has 0 aliphatic rings. The number of terminal acetylenes is 1. The number of ether oxygens (including phenoxy) is 1. The van der Waals surface area contributed by atoms with Crippen LogP contribution in [0.2, 0.25) is 0 Å². The summed E-state index contributed by atoms with van der Waals surface area (Å²) in [5.74, 6) is 2.46. The average Bonchev–Trinajstić information content (AvgIpc) is 1.81. The van der Waals surface area contributed by atoms with E-state index in [0.717, 1.165) is 0 Å². The largest absolute Gasteiger partial charge is 0.379 e. The van der Waals surface area contributed by atoms with Crippen LogP contribution in [0.3, 0.4) is 0 Å². The van der Waals surface area contributed by atoms with Gasteiger partial charge in [-0.2, -0.15) is 0 Å². The van der Waals surface area contributed by atoms with E-state index in [9.17, 15) is 0 Å². The van der Waals surface area contributed by atoms with Crippen LogP contribution in [0.25, 0.3) is 0 Å². The van der Waals surface area contributed by atoms with Gasteiger partial charge >= 0.3 is 0 Å². The first kappa shape index (κ1) is 11.6. The van der Waals surface area contributed by atoms with Crippen molar-refractivity contribution >= 4 is 12.4 Å². The summed E-state index contributed by atoms with van der Waals surface area (Å²) in [6.07, 6.45) is 5.63. The molecule has 3 heteroatoms. The van der Waals surface area contributed by atoms with Crippen LogP contribution in [0.15, 0.2) is 0 Å². The van der Waals surface area contributed by atoms with Gasteiger partial charge in [0.2, 0.25) is 0 Å². The zero-order valence-corrected chi connectivity index (χ0v) is 6.12. The third-order valence-electron chi connectivity index (χ3n) is 0.653. The highest BCUT2D eigenvalue weighted by Crippen LogP contribution is 1.76. The minimum atomic E-state index is 0. The van der Waals surface area contributed by atoms with Gasteiger partial charge in [-0.1, -0.05) is 0 Å². The fourth-order valence-corrected chi connectivity index (χ4v) is 0.316. The maximum atomic E-state index is 5.13. The van der Waals surface area contributed by atoms with E-state index < -0.39 is 0 Å². The van der Waals surface area contributed by atoms with E-state index in [1.54, 1.807) is 0 Å². The second-order valence-electron chi connectivity index (χ2n) is 1.36. The van der Waals surface area contributed by atoms with E-state index in [1.807, 2.05) is 0 Å². The van der Waals surface area contributed by atoms with E-state index in [0.29, 0.717) is 26.2 Å². The summed E-state index contributed by atoms with van der Waals surface area (Å²) >= 11 is 0. The molecule has 0 saturated heterocycles. The van der Waals surface area contributed by atoms with Crippen molar-refractivity contribution < 1.29 is 4.74 Å². The van der Waals surface area contributed by atoms with Crippen molar-refractivity contribution in [3.8, 4) is 12.3 Å². The number of nitrogens with two attached hydrogens (primary N) is 1. The predicted molar refractivity (Wildman–Crippen MR) is 40.6 cm³/mol. The Morgan fingerprint density at radius 1 is 1.44 bits per heavy atom. The summed E-state index contributed by atoms with van der Waals surface area (Å²) in [5, 5.41) is 0. The van der Waals surface area contributed by atoms with Crippen LogP contribution in [0.4, 0.5) is 0 Å². The summed E-state index contributed by atoms with van der Waals surface area (Å²) in [5.41, 5.74) is 5.13. The van der Waals surface area contributed by atoms with Crippen LogP contribution in [0.5, 0.6) is 0 Å². The highest BCUT2D eigenvalue weighted by molar-refractivity contribution is 5.85. The molecule has 0 aliphatic heterocycles. The molecule has 0 atom stereocenters. The number of hydrogen-bond acceptors (Lipinski definition) is 2. The first-order valence-electron chi connectivity index (χ1n) is 2.63. The van der Waals surface area contributed by atoms with Crippen molar-refractivity contribution in [1.29, 1.82) is 0 Å². The fourth-order valence-electron chi connectivity index (χ4n) is 0.316. The second kappa shape index (κ2) is 10.7. The molecule has 0 aliphatic carbocycles. The molecule has 0 heterocycles. The minimum absolute atomic E-state index is 0. The van der Waals surface area contributed by atoms with Gasteiger partial charge in [-0.05, 0) is 0 Å². The molecular formula is C6H12ClNO. The lowest BCUT2D eigenvalue weighted by molar-refractivity contribution is 0.147. The summed E-state index contributed by atoms with van der Waals surface area (Å²) in [6, 6.07) is 0. The zero-order valence-electron chi connectivity index (χ0n) is 5.30. The summed E-state index contributed by atoms with van der Waals surface area (Å²) < 4.78 is 4.96. The van der Waals surface area contributed by atoms with Gasteiger partial charge in [-0.25, -0.2) is 0 Å². The van der Waals surface area contributed by atoms with Gasteiger partial charge in [0.25, 0.3) is 0 Å². The molecule has 9 heavy (non-hydrogen) atoms. The quantitative estimate of drug-likeness (QED) is 0.464. The Bertz CT molecular complexity index is 79.6. The third-order valence-corrected chi connectivity index (χ3v) is 0.653. The lowest BCUT2D eigenvalue weighted by Gasteiger charge is -1.95. The van der Waals surface area contributed by atoms with E-state index in [-0.39, 0.29) is 12.4 Å². The van der Waals surface area contributed by atoms with E-state index in [4.69, 9.17) is 16.9 Å². The lowest BCUT2D eigenvalue weighted by Crippen LogP contribution is -2.08. The molecular weight excluding hydrogens is 138 g/mol. The van der Waals surface area contributed by atoms with Crippen molar-refractivity contribution in [3.63, 3.8) is 0 Å². The van der Waals surface area contributed by atoms with E-state index in [1.165, 1.54) is 0 Å². The number of rotatable bonds is 4. The molecule has 0 saturated carbocycles. The van der Waals surface area contributed by atoms with Gasteiger partial charge in [0, 0.05) is 13.0 Å². The molecule has 0 fully saturated rings. The molecule has 0 aromatic carbocycles. The molecule has 0 unspecified atom stereocenters. The Morgan fingerprint density at radius 2 is 2.11 bits per heavy atom. The first-order valence-corrected chi connectivity index (χ1v) is 2.63. The SMILES string of the molecule is C#CCCOCCN.Cl. The van der Waals surface area contributed by atoms with Crippen molar-refractivity contribution in [2.24, 2.45) is 5.73 Å². The molecule has 2 N–H and O–H groups in total. The van der Waals surface area contributed by atoms with Crippen molar-refractivity contribution in [2.45, 2.75) is 6.42 Å². The number of hydrogen-bond donors (Lipinski definition) is 1. The monoisotopic (exact) mass is 149 g/mol. The predicted octanol–water partition coefficient (Wildman–Crippen LogP) is 0.407. The Hall–Kier alpha value is -0.230. The van der Waals surface area contributed by atoms with Gasteiger partial charge in [0.15, 0.2) is 0 Å². The zero-order chi connectivity index (χ0) is 6.24. The van der Waals surface area contributed by atoms with Crippen LogP contribution >= 0.6 is 12.4 Å². The highest BCUT2D eigenvalue weighted by atomic mass is 35.5. The molecule has 54 valence electrons. The second-order valence-corrected chi connectivity index (χ2v) is 1.36. The summed E-state index contributed by atoms with van der Waals surface area (Å²) in [6.45, 7) is 1.82. The molecule has 0 amide bonds. The average molecular weight is 150 g/mol. The topological polar surface area (TPSA) is 35.2 Å². The van der Waals surface area contributed by atoms with Crippen LogP contribution in [0, 0.1) is 12.3 Å². The van der Waals surface area contributed by atoms with Crippen molar-refractivity contribution in [1.82, 2.24) is 0 Å². The molecule has 0 rings (SSSR count). The maximum absolute atomic E-state index is 5.13. The van der Waals surface area contributed by atoms with Crippen molar-refractivity contribution in [2.75, 3.05) is 19.8 Å². The lowest BCUT2D eigenvalue weighted by atomic mass is 10.5. The van der Waals surface area contributed by atoms with E-state index in [2.05, 4.69) is 5.92 Å².